The number of carboxylic acid groups (broad SMARTS) is 1. The van der Waals surface area contributed by atoms with Crippen LogP contribution in [-0.2, 0) is 4.79 Å². The zero-order valence-corrected chi connectivity index (χ0v) is 10.7. The summed E-state index contributed by atoms with van der Waals surface area (Å²) in [5.41, 5.74) is -0.330. The largest absolute Gasteiger partial charge is 0.481 e. The first-order valence-corrected chi connectivity index (χ1v) is 6.01. The number of rotatable bonds is 5. The molecule has 0 bridgehead atoms. The summed E-state index contributed by atoms with van der Waals surface area (Å²) in [4.78, 5) is 21.2. The molecule has 1 saturated carbocycles. The van der Waals surface area contributed by atoms with Crippen molar-refractivity contribution in [2.75, 3.05) is 24.3 Å². The van der Waals surface area contributed by atoms with Crippen molar-refractivity contribution >= 4 is 17.7 Å². The van der Waals surface area contributed by atoms with Crippen molar-refractivity contribution in [2.45, 2.75) is 31.2 Å². The van der Waals surface area contributed by atoms with Gasteiger partial charge in [-0.1, -0.05) is 0 Å². The van der Waals surface area contributed by atoms with E-state index in [2.05, 4.69) is 15.3 Å². The third-order valence-electron chi connectivity index (χ3n) is 3.24. The number of aromatic nitrogens is 2. The molecule has 18 heavy (non-hydrogen) atoms. The van der Waals surface area contributed by atoms with Gasteiger partial charge in [0.1, 0.15) is 5.82 Å². The van der Waals surface area contributed by atoms with Crippen molar-refractivity contribution in [3.63, 3.8) is 0 Å². The third-order valence-corrected chi connectivity index (χ3v) is 3.24. The molecule has 1 aromatic heterocycles. The fourth-order valence-electron chi connectivity index (χ4n) is 2.14. The van der Waals surface area contributed by atoms with E-state index < -0.39 is 5.97 Å². The number of nitrogens with zero attached hydrogens (tertiary/aromatic N) is 3. The first-order chi connectivity index (χ1) is 8.51. The minimum absolute atomic E-state index is 0.133. The molecule has 0 aliphatic heterocycles. The van der Waals surface area contributed by atoms with Gasteiger partial charge in [0.05, 0.1) is 6.42 Å². The normalized spacial score (nSPS) is 16.8. The van der Waals surface area contributed by atoms with Gasteiger partial charge in [0.15, 0.2) is 0 Å². The Morgan fingerprint density at radius 1 is 1.56 bits per heavy atom. The fourth-order valence-corrected chi connectivity index (χ4v) is 2.14. The van der Waals surface area contributed by atoms with E-state index in [0.29, 0.717) is 11.8 Å². The summed E-state index contributed by atoms with van der Waals surface area (Å²) in [5, 5.41) is 12.2. The lowest BCUT2D eigenvalue weighted by atomic mass is 9.74. The highest BCUT2D eigenvalue weighted by molar-refractivity contribution is 5.69. The van der Waals surface area contributed by atoms with Gasteiger partial charge >= 0.3 is 5.97 Å². The van der Waals surface area contributed by atoms with Crippen molar-refractivity contribution in [1.82, 2.24) is 9.97 Å². The molecular formula is C12H18N4O2. The van der Waals surface area contributed by atoms with E-state index in [-0.39, 0.29) is 12.0 Å². The lowest BCUT2D eigenvalue weighted by Crippen LogP contribution is -2.47. The standard InChI is InChI=1S/C12H18N4O2/c1-16(2)11-13-7-4-9(14-11)15-12(5-3-6-12)8-10(17)18/h4,7H,3,5-6,8H2,1-2H3,(H,17,18)(H,13,14,15). The quantitative estimate of drug-likeness (QED) is 0.821. The Hall–Kier alpha value is -1.85. The number of carbonyl (C=O) groups is 1. The van der Waals surface area contributed by atoms with Crippen LogP contribution >= 0.6 is 0 Å². The van der Waals surface area contributed by atoms with Crippen LogP contribution in [0.5, 0.6) is 0 Å². The average molecular weight is 250 g/mol. The van der Waals surface area contributed by atoms with Crippen LogP contribution in [0, 0.1) is 0 Å². The second-order valence-electron chi connectivity index (χ2n) is 4.97. The molecule has 1 aromatic rings. The highest BCUT2D eigenvalue weighted by Crippen LogP contribution is 2.37. The van der Waals surface area contributed by atoms with Crippen molar-refractivity contribution in [1.29, 1.82) is 0 Å². The molecule has 1 heterocycles. The molecule has 2 rings (SSSR count). The van der Waals surface area contributed by atoms with E-state index >= 15 is 0 Å². The zero-order valence-electron chi connectivity index (χ0n) is 10.7. The molecule has 0 aromatic carbocycles. The summed E-state index contributed by atoms with van der Waals surface area (Å²) >= 11 is 0. The van der Waals surface area contributed by atoms with Gasteiger partial charge in [-0.2, -0.15) is 4.98 Å². The van der Waals surface area contributed by atoms with E-state index in [1.165, 1.54) is 0 Å². The van der Waals surface area contributed by atoms with E-state index in [9.17, 15) is 4.79 Å². The van der Waals surface area contributed by atoms with Crippen LogP contribution in [-0.4, -0.2) is 40.7 Å². The van der Waals surface area contributed by atoms with E-state index in [1.54, 1.807) is 12.3 Å². The van der Waals surface area contributed by atoms with Crippen molar-refractivity contribution in [3.05, 3.63) is 12.3 Å². The molecule has 0 atom stereocenters. The molecule has 1 aliphatic rings. The lowest BCUT2D eigenvalue weighted by Gasteiger charge is -2.41. The molecule has 2 N–H and O–H groups in total. The number of nitrogens with one attached hydrogen (secondary N) is 1. The lowest BCUT2D eigenvalue weighted by molar-refractivity contribution is -0.138. The Morgan fingerprint density at radius 3 is 2.78 bits per heavy atom. The van der Waals surface area contributed by atoms with Crippen LogP contribution in [0.25, 0.3) is 0 Å². The van der Waals surface area contributed by atoms with Crippen molar-refractivity contribution in [3.8, 4) is 0 Å². The Bertz CT molecular complexity index is 443. The fraction of sp³-hybridized carbons (Fsp3) is 0.583. The summed E-state index contributed by atoms with van der Waals surface area (Å²) < 4.78 is 0. The van der Waals surface area contributed by atoms with E-state index in [0.717, 1.165) is 19.3 Å². The number of hydrogen-bond donors (Lipinski definition) is 2. The molecule has 0 amide bonds. The monoisotopic (exact) mass is 250 g/mol. The van der Waals surface area contributed by atoms with Crippen LogP contribution < -0.4 is 10.2 Å². The van der Waals surface area contributed by atoms with E-state index in [1.807, 2.05) is 19.0 Å². The molecule has 0 saturated heterocycles. The second kappa shape index (κ2) is 4.80. The van der Waals surface area contributed by atoms with Gasteiger partial charge in [-0.05, 0) is 25.3 Å². The molecule has 0 radical (unpaired) electrons. The second-order valence-corrected chi connectivity index (χ2v) is 4.97. The maximum atomic E-state index is 10.9. The summed E-state index contributed by atoms with van der Waals surface area (Å²) in [7, 11) is 3.74. The number of carboxylic acids is 1. The van der Waals surface area contributed by atoms with Gasteiger partial charge in [-0.3, -0.25) is 4.79 Å². The minimum atomic E-state index is -0.774. The van der Waals surface area contributed by atoms with Crippen LogP contribution in [0.3, 0.4) is 0 Å². The van der Waals surface area contributed by atoms with Gasteiger partial charge in [0.2, 0.25) is 5.95 Å². The highest BCUT2D eigenvalue weighted by atomic mass is 16.4. The summed E-state index contributed by atoms with van der Waals surface area (Å²) in [6, 6.07) is 1.77. The average Bonchev–Trinajstić information content (AvgIpc) is 2.25. The third kappa shape index (κ3) is 2.69. The molecule has 1 fully saturated rings. The molecule has 0 unspecified atom stereocenters. The van der Waals surface area contributed by atoms with Crippen molar-refractivity contribution in [2.24, 2.45) is 0 Å². The van der Waals surface area contributed by atoms with Crippen LogP contribution in [0.2, 0.25) is 0 Å². The molecule has 6 heteroatoms. The van der Waals surface area contributed by atoms with Gasteiger partial charge in [-0.15, -0.1) is 0 Å². The van der Waals surface area contributed by atoms with E-state index in [4.69, 9.17) is 5.11 Å². The number of aliphatic carboxylic acids is 1. The molecule has 0 spiro atoms. The zero-order chi connectivity index (χ0) is 13.2. The summed E-state index contributed by atoms with van der Waals surface area (Å²) in [6.45, 7) is 0. The van der Waals surface area contributed by atoms with Gasteiger partial charge in [0.25, 0.3) is 0 Å². The maximum Gasteiger partial charge on any atom is 0.305 e. The van der Waals surface area contributed by atoms with Gasteiger partial charge < -0.3 is 15.3 Å². The minimum Gasteiger partial charge on any atom is -0.481 e. The first-order valence-electron chi connectivity index (χ1n) is 6.01. The molecule has 98 valence electrons. The molecule has 1 aliphatic carbocycles. The summed E-state index contributed by atoms with van der Waals surface area (Å²) in [5.74, 6) is 0.531. The summed E-state index contributed by atoms with van der Waals surface area (Å²) in [6.07, 6.45) is 4.62. The maximum absolute atomic E-state index is 10.9. The predicted octanol–water partition coefficient (Wildman–Crippen LogP) is 1.35. The van der Waals surface area contributed by atoms with Crippen LogP contribution in [0.1, 0.15) is 25.7 Å². The Morgan fingerprint density at radius 2 is 2.28 bits per heavy atom. The Labute approximate surface area is 106 Å². The first kappa shape index (κ1) is 12.6. The Balaban J connectivity index is 2.12. The van der Waals surface area contributed by atoms with Gasteiger partial charge in [-0.25, -0.2) is 4.98 Å². The SMILES string of the molecule is CN(C)c1nccc(NC2(CC(=O)O)CCC2)n1. The Kier molecular flexibility index (Phi) is 3.36. The molecule has 6 nitrogen and oxygen atoms in total. The van der Waals surface area contributed by atoms with Crippen LogP contribution in [0.15, 0.2) is 12.3 Å². The number of hydrogen-bond acceptors (Lipinski definition) is 5. The molecular weight excluding hydrogens is 232 g/mol. The van der Waals surface area contributed by atoms with Crippen LogP contribution in [0.4, 0.5) is 11.8 Å². The highest BCUT2D eigenvalue weighted by Gasteiger charge is 2.39. The smallest absolute Gasteiger partial charge is 0.305 e. The van der Waals surface area contributed by atoms with Crippen molar-refractivity contribution < 1.29 is 9.90 Å². The van der Waals surface area contributed by atoms with Gasteiger partial charge in [0, 0.05) is 25.8 Å². The topological polar surface area (TPSA) is 78.4 Å². The predicted molar refractivity (Wildman–Crippen MR) is 68.8 cm³/mol. The number of anilines is 2.